The molecule has 0 radical (unpaired) electrons. The number of alkyl halides is 6. The van der Waals surface area contributed by atoms with Crippen molar-refractivity contribution < 1.29 is 53.8 Å². The summed E-state index contributed by atoms with van der Waals surface area (Å²) in [7, 11) is -3.76. The van der Waals surface area contributed by atoms with Crippen LogP contribution in [0.5, 0.6) is 11.5 Å². The number of fused-ring (bicyclic) bond motifs is 3. The van der Waals surface area contributed by atoms with Crippen molar-refractivity contribution in [3.8, 4) is 22.8 Å². The van der Waals surface area contributed by atoms with Crippen molar-refractivity contribution in [3.05, 3.63) is 59.3 Å². The highest BCUT2D eigenvalue weighted by Crippen LogP contribution is 2.44. The molecular formula is C26H22F6N4O6S. The van der Waals surface area contributed by atoms with Crippen molar-refractivity contribution in [3.63, 3.8) is 0 Å². The Morgan fingerprint density at radius 2 is 1.77 bits per heavy atom. The molecule has 0 unspecified atom stereocenters. The van der Waals surface area contributed by atoms with Crippen molar-refractivity contribution in [2.24, 2.45) is 0 Å². The van der Waals surface area contributed by atoms with E-state index in [4.69, 9.17) is 4.74 Å². The number of rotatable bonds is 7. The van der Waals surface area contributed by atoms with E-state index in [-0.39, 0.29) is 34.9 Å². The number of hydrogen-bond acceptors (Lipinski definition) is 7. The van der Waals surface area contributed by atoms with E-state index in [1.807, 2.05) is 0 Å². The van der Waals surface area contributed by atoms with Crippen molar-refractivity contribution in [1.29, 1.82) is 0 Å². The van der Waals surface area contributed by atoms with E-state index in [0.717, 1.165) is 18.4 Å². The van der Waals surface area contributed by atoms with Crippen molar-refractivity contribution in [2.45, 2.75) is 37.5 Å². The van der Waals surface area contributed by atoms with Gasteiger partial charge in [-0.1, -0.05) is 6.07 Å². The Balaban J connectivity index is 1.51. The molecule has 17 heteroatoms. The van der Waals surface area contributed by atoms with Crippen LogP contribution in [0.4, 0.5) is 32.0 Å². The number of carbonyl (C=O) groups is 2. The molecule has 2 amide bonds. The molecule has 3 aromatic rings. The van der Waals surface area contributed by atoms with Gasteiger partial charge in [-0.05, 0) is 60.4 Å². The second-order valence-electron chi connectivity index (χ2n) is 10.2. The van der Waals surface area contributed by atoms with E-state index in [1.165, 1.54) is 28.9 Å². The second-order valence-corrected chi connectivity index (χ2v) is 12.3. The van der Waals surface area contributed by atoms with Crippen molar-refractivity contribution in [2.75, 3.05) is 23.9 Å². The Kier molecular flexibility index (Phi) is 7.35. The first-order valence-electron chi connectivity index (χ1n) is 12.5. The first-order chi connectivity index (χ1) is 19.9. The molecule has 0 saturated carbocycles. The number of aromatic nitrogens is 2. The molecule has 1 atom stereocenters. The minimum Gasteiger partial charge on any atom is -0.484 e. The zero-order chi connectivity index (χ0) is 31.4. The lowest BCUT2D eigenvalue weighted by Gasteiger charge is -2.36. The average Bonchev–Trinajstić information content (AvgIpc) is 3.39. The van der Waals surface area contributed by atoms with Gasteiger partial charge < -0.3 is 20.1 Å². The van der Waals surface area contributed by atoms with Gasteiger partial charge in [-0.15, -0.1) is 13.2 Å². The number of aryl methyl sites for hydroxylation is 1. The van der Waals surface area contributed by atoms with Gasteiger partial charge in [-0.3, -0.25) is 14.3 Å². The van der Waals surface area contributed by atoms with E-state index in [2.05, 4.69) is 20.5 Å². The lowest BCUT2D eigenvalue weighted by atomic mass is 9.89. The first kappa shape index (κ1) is 30.2. The number of nitrogens with zero attached hydrogens (tertiary/aromatic N) is 2. The number of benzene rings is 2. The fourth-order valence-corrected chi connectivity index (χ4v) is 5.75. The first-order valence-corrected chi connectivity index (χ1v) is 14.6. The highest BCUT2D eigenvalue weighted by Gasteiger charge is 2.46. The van der Waals surface area contributed by atoms with Gasteiger partial charge in [0.2, 0.25) is 5.91 Å². The molecule has 0 fully saturated rings. The summed E-state index contributed by atoms with van der Waals surface area (Å²) in [4.78, 5) is 26.1. The number of ether oxygens (including phenoxy) is 2. The van der Waals surface area contributed by atoms with Gasteiger partial charge in [0.05, 0.1) is 12.1 Å². The minimum atomic E-state index is -4.94. The number of carbonyl (C=O) groups excluding carboxylic acids is 2. The monoisotopic (exact) mass is 632 g/mol. The second kappa shape index (κ2) is 10.5. The summed E-state index contributed by atoms with van der Waals surface area (Å²) in [5.74, 6) is -3.09. The normalized spacial score (nSPS) is 18.2. The molecular weight excluding hydrogens is 610 g/mol. The van der Waals surface area contributed by atoms with Crippen molar-refractivity contribution in [1.82, 2.24) is 15.1 Å². The van der Waals surface area contributed by atoms with Gasteiger partial charge in [0.25, 0.3) is 5.91 Å². The zero-order valence-corrected chi connectivity index (χ0v) is 22.9. The van der Waals surface area contributed by atoms with Crippen LogP contribution in [-0.4, -0.2) is 61.2 Å². The number of hydrogen-bond donors (Lipinski definition) is 2. The van der Waals surface area contributed by atoms with Gasteiger partial charge in [0.1, 0.15) is 28.6 Å². The van der Waals surface area contributed by atoms with Gasteiger partial charge >= 0.3 is 12.5 Å². The third-order valence-electron chi connectivity index (χ3n) is 6.77. The molecule has 5 rings (SSSR count). The fourth-order valence-electron chi connectivity index (χ4n) is 5.20. The van der Waals surface area contributed by atoms with Crippen LogP contribution in [0.3, 0.4) is 0 Å². The lowest BCUT2D eigenvalue weighted by Crippen LogP contribution is -2.52. The van der Waals surface area contributed by atoms with Crippen molar-refractivity contribution >= 4 is 27.3 Å². The highest BCUT2D eigenvalue weighted by atomic mass is 32.2. The molecule has 1 spiro atoms. The Labute approximate surface area is 239 Å². The number of halogens is 6. The van der Waals surface area contributed by atoms with E-state index >= 15 is 0 Å². The number of anilines is 1. The van der Waals surface area contributed by atoms with Crippen LogP contribution in [0, 0.1) is 0 Å². The number of amides is 2. The third-order valence-corrected chi connectivity index (χ3v) is 7.56. The van der Waals surface area contributed by atoms with Crippen LogP contribution in [0.2, 0.25) is 0 Å². The summed E-state index contributed by atoms with van der Waals surface area (Å²) in [6.45, 7) is -1.45. The van der Waals surface area contributed by atoms with Crippen LogP contribution >= 0.6 is 0 Å². The summed E-state index contributed by atoms with van der Waals surface area (Å²) in [5, 5.41) is 9.78. The average molecular weight is 633 g/mol. The maximum absolute atomic E-state index is 13.5. The molecule has 1 aromatic heterocycles. The van der Waals surface area contributed by atoms with E-state index in [9.17, 15) is 44.3 Å². The van der Waals surface area contributed by atoms with Crippen LogP contribution in [0.25, 0.3) is 11.3 Å². The van der Waals surface area contributed by atoms with Crippen LogP contribution in [-0.2, 0) is 33.1 Å². The third kappa shape index (κ3) is 6.71. The van der Waals surface area contributed by atoms with E-state index in [0.29, 0.717) is 24.0 Å². The quantitative estimate of drug-likeness (QED) is 0.378. The smallest absolute Gasteiger partial charge is 0.484 e. The molecule has 0 saturated heterocycles. The Bertz CT molecular complexity index is 1700. The van der Waals surface area contributed by atoms with Gasteiger partial charge in [0.15, 0.2) is 22.1 Å². The number of sulfone groups is 1. The summed E-state index contributed by atoms with van der Waals surface area (Å²) in [6, 6.07) is 8.85. The van der Waals surface area contributed by atoms with E-state index in [1.54, 1.807) is 6.07 Å². The molecule has 43 heavy (non-hydrogen) atoms. The van der Waals surface area contributed by atoms with Crippen LogP contribution in [0.15, 0.2) is 42.5 Å². The molecule has 10 nitrogen and oxygen atoms in total. The summed E-state index contributed by atoms with van der Waals surface area (Å²) >= 11 is 0. The summed E-state index contributed by atoms with van der Waals surface area (Å²) < 4.78 is 109. The molecule has 2 aliphatic rings. The Morgan fingerprint density at radius 1 is 1.09 bits per heavy atom. The predicted octanol–water partition coefficient (Wildman–Crippen LogP) is 3.96. The molecule has 2 aromatic carbocycles. The van der Waals surface area contributed by atoms with Crippen LogP contribution in [0.1, 0.15) is 28.0 Å². The lowest BCUT2D eigenvalue weighted by molar-refractivity contribution is -0.274. The van der Waals surface area contributed by atoms with Gasteiger partial charge in [-0.25, -0.2) is 8.42 Å². The number of nitrogens with one attached hydrogen (secondary N) is 2. The zero-order valence-electron chi connectivity index (χ0n) is 22.1. The Hall–Kier alpha value is -4.28. The molecule has 2 N–H and O–H groups in total. The Morgan fingerprint density at radius 3 is 2.40 bits per heavy atom. The molecule has 230 valence electrons. The molecule has 1 aliphatic carbocycles. The van der Waals surface area contributed by atoms with E-state index < -0.39 is 57.8 Å². The minimum absolute atomic E-state index is 0.00569. The topological polar surface area (TPSA) is 129 Å². The molecule has 1 aliphatic heterocycles. The SMILES string of the molecule is CS(=O)(=O)CC(=O)Nc1c(-c2ccc(OC(F)(F)F)cc2)nn2c1C(=O)N[C@@]1(CCc3cc(OCC(F)(F)F)ccc31)C2. The van der Waals surface area contributed by atoms with Gasteiger partial charge in [-0.2, -0.15) is 18.3 Å². The molecule has 0 bridgehead atoms. The summed E-state index contributed by atoms with van der Waals surface area (Å²) in [5.41, 5.74) is 0.139. The van der Waals surface area contributed by atoms with Crippen LogP contribution < -0.4 is 20.1 Å². The molecule has 2 heterocycles. The largest absolute Gasteiger partial charge is 0.573 e. The maximum atomic E-state index is 13.5. The predicted molar refractivity (Wildman–Crippen MR) is 138 cm³/mol. The van der Waals surface area contributed by atoms with Gasteiger partial charge in [0, 0.05) is 11.8 Å². The fraction of sp³-hybridized carbons (Fsp3) is 0.346. The standard InChI is InChI=1S/C26H22F6N4O6S/c1-43(39,40)11-19(37)33-21-20(14-2-4-16(5-3-14)42-26(30,31)32)35-36-12-24(34-23(38)22(21)36)9-8-15-10-17(6-7-18(15)24)41-13-25(27,28)29/h2-7,10H,8-9,11-13H2,1H3,(H,33,37)(H,34,38)/t24-/m0/s1. The highest BCUT2D eigenvalue weighted by molar-refractivity contribution is 7.91. The maximum Gasteiger partial charge on any atom is 0.573 e. The summed E-state index contributed by atoms with van der Waals surface area (Å²) in [6.07, 6.45) is -7.87.